The van der Waals surface area contributed by atoms with Gasteiger partial charge in [-0.05, 0) is 19.1 Å². The lowest BCUT2D eigenvalue weighted by atomic mass is 9.99. The SMILES string of the molecule is C[C@@H]1[C@H](OC(=O)c2ccccc2)[C@@H](CO)O[C@H]1C. The van der Waals surface area contributed by atoms with Crippen LogP contribution in [0.2, 0.25) is 0 Å². The summed E-state index contributed by atoms with van der Waals surface area (Å²) in [6.45, 7) is 3.74. The molecule has 1 fully saturated rings. The molecular weight excluding hydrogens is 232 g/mol. The fourth-order valence-electron chi connectivity index (χ4n) is 2.18. The van der Waals surface area contributed by atoms with Crippen LogP contribution in [0.1, 0.15) is 24.2 Å². The average Bonchev–Trinajstić information content (AvgIpc) is 2.67. The van der Waals surface area contributed by atoms with Gasteiger partial charge >= 0.3 is 5.97 Å². The van der Waals surface area contributed by atoms with Crippen molar-refractivity contribution in [1.82, 2.24) is 0 Å². The lowest BCUT2D eigenvalue weighted by molar-refractivity contribution is -0.0317. The molecule has 4 heteroatoms. The lowest BCUT2D eigenvalue weighted by Gasteiger charge is -2.20. The van der Waals surface area contributed by atoms with E-state index >= 15 is 0 Å². The summed E-state index contributed by atoms with van der Waals surface area (Å²) < 4.78 is 11.0. The Hall–Kier alpha value is -1.39. The fraction of sp³-hybridized carbons (Fsp3) is 0.500. The Morgan fingerprint density at radius 3 is 2.61 bits per heavy atom. The summed E-state index contributed by atoms with van der Waals surface area (Å²) >= 11 is 0. The molecule has 98 valence electrons. The molecule has 0 unspecified atom stereocenters. The molecule has 1 aliphatic rings. The highest BCUT2D eigenvalue weighted by Crippen LogP contribution is 2.29. The highest BCUT2D eigenvalue weighted by molar-refractivity contribution is 5.89. The largest absolute Gasteiger partial charge is 0.456 e. The van der Waals surface area contributed by atoms with Gasteiger partial charge < -0.3 is 14.6 Å². The van der Waals surface area contributed by atoms with E-state index in [4.69, 9.17) is 9.47 Å². The zero-order valence-corrected chi connectivity index (χ0v) is 10.6. The molecule has 0 saturated carbocycles. The first-order chi connectivity index (χ1) is 8.63. The van der Waals surface area contributed by atoms with Crippen molar-refractivity contribution in [3.8, 4) is 0 Å². The highest BCUT2D eigenvalue weighted by Gasteiger charge is 2.41. The van der Waals surface area contributed by atoms with Gasteiger partial charge in [-0.15, -0.1) is 0 Å². The zero-order chi connectivity index (χ0) is 13.1. The van der Waals surface area contributed by atoms with Gasteiger partial charge in [-0.1, -0.05) is 25.1 Å². The van der Waals surface area contributed by atoms with Crippen molar-refractivity contribution < 1.29 is 19.4 Å². The van der Waals surface area contributed by atoms with Crippen LogP contribution < -0.4 is 0 Å². The van der Waals surface area contributed by atoms with Crippen LogP contribution in [0.5, 0.6) is 0 Å². The van der Waals surface area contributed by atoms with Crippen molar-refractivity contribution in [3.05, 3.63) is 35.9 Å². The standard InChI is InChI=1S/C14H18O4/c1-9-10(2)17-12(8-15)13(9)18-14(16)11-6-4-3-5-7-11/h3-7,9-10,12-13,15H,8H2,1-2H3/t9-,10-,12+,13-/m0/s1. The van der Waals surface area contributed by atoms with Crippen molar-refractivity contribution in [3.63, 3.8) is 0 Å². The minimum atomic E-state index is -0.428. The van der Waals surface area contributed by atoms with Gasteiger partial charge in [-0.25, -0.2) is 4.79 Å². The third kappa shape index (κ3) is 2.54. The number of carbonyl (C=O) groups is 1. The second-order valence-corrected chi connectivity index (χ2v) is 4.66. The Morgan fingerprint density at radius 1 is 1.33 bits per heavy atom. The first-order valence-electron chi connectivity index (χ1n) is 6.16. The van der Waals surface area contributed by atoms with Crippen LogP contribution in [0.3, 0.4) is 0 Å². The van der Waals surface area contributed by atoms with Gasteiger partial charge in [0.05, 0.1) is 18.3 Å². The second-order valence-electron chi connectivity index (χ2n) is 4.66. The molecule has 4 atom stereocenters. The van der Waals surface area contributed by atoms with E-state index in [1.165, 1.54) is 0 Å². The molecular formula is C14H18O4. The summed E-state index contributed by atoms with van der Waals surface area (Å²) in [4.78, 5) is 12.0. The van der Waals surface area contributed by atoms with E-state index in [0.29, 0.717) is 5.56 Å². The summed E-state index contributed by atoms with van der Waals surface area (Å²) in [7, 11) is 0. The van der Waals surface area contributed by atoms with E-state index < -0.39 is 12.2 Å². The number of hydrogen-bond donors (Lipinski definition) is 1. The van der Waals surface area contributed by atoms with Gasteiger partial charge in [-0.3, -0.25) is 0 Å². The molecule has 0 spiro atoms. The molecule has 0 amide bonds. The molecule has 4 nitrogen and oxygen atoms in total. The van der Waals surface area contributed by atoms with Gasteiger partial charge in [0.2, 0.25) is 0 Å². The minimum Gasteiger partial charge on any atom is -0.456 e. The van der Waals surface area contributed by atoms with Crippen LogP contribution in [0, 0.1) is 5.92 Å². The van der Waals surface area contributed by atoms with Crippen LogP contribution in [0.25, 0.3) is 0 Å². The number of ether oxygens (including phenoxy) is 2. The van der Waals surface area contributed by atoms with Crippen LogP contribution in [-0.2, 0) is 9.47 Å². The number of benzene rings is 1. The number of esters is 1. The van der Waals surface area contributed by atoms with Crippen LogP contribution in [0.15, 0.2) is 30.3 Å². The molecule has 1 aromatic rings. The smallest absolute Gasteiger partial charge is 0.338 e. The Morgan fingerprint density at radius 2 is 2.00 bits per heavy atom. The van der Waals surface area contributed by atoms with E-state index in [0.717, 1.165) is 0 Å². The molecule has 1 N–H and O–H groups in total. The van der Waals surface area contributed by atoms with Crippen molar-refractivity contribution >= 4 is 5.97 Å². The monoisotopic (exact) mass is 250 g/mol. The minimum absolute atomic E-state index is 0.0178. The van der Waals surface area contributed by atoms with E-state index in [9.17, 15) is 9.90 Å². The molecule has 1 heterocycles. The Kier molecular flexibility index (Phi) is 3.99. The molecule has 0 aliphatic carbocycles. The summed E-state index contributed by atoms with van der Waals surface area (Å²) in [6.07, 6.45) is -0.837. The van der Waals surface area contributed by atoms with E-state index in [-0.39, 0.29) is 24.6 Å². The summed E-state index contributed by atoms with van der Waals surface area (Å²) in [5, 5.41) is 9.24. The molecule has 2 rings (SSSR count). The Bertz CT molecular complexity index is 404. The Labute approximate surface area is 107 Å². The van der Waals surface area contributed by atoms with Gasteiger partial charge in [-0.2, -0.15) is 0 Å². The quantitative estimate of drug-likeness (QED) is 0.828. The first-order valence-corrected chi connectivity index (χ1v) is 6.16. The maximum atomic E-state index is 12.0. The number of aliphatic hydroxyl groups is 1. The topological polar surface area (TPSA) is 55.8 Å². The molecule has 1 aliphatic heterocycles. The van der Waals surface area contributed by atoms with Gasteiger partial charge in [0, 0.05) is 5.92 Å². The van der Waals surface area contributed by atoms with Crippen LogP contribution in [0.4, 0.5) is 0 Å². The normalized spacial score (nSPS) is 31.3. The third-order valence-corrected chi connectivity index (χ3v) is 3.45. The first kappa shape index (κ1) is 13.1. The van der Waals surface area contributed by atoms with Crippen molar-refractivity contribution in [1.29, 1.82) is 0 Å². The third-order valence-electron chi connectivity index (χ3n) is 3.45. The zero-order valence-electron chi connectivity index (χ0n) is 10.6. The Balaban J connectivity index is 2.06. The number of aliphatic hydroxyl groups excluding tert-OH is 1. The number of carbonyl (C=O) groups excluding carboxylic acids is 1. The number of hydrogen-bond acceptors (Lipinski definition) is 4. The van der Waals surface area contributed by atoms with Crippen LogP contribution >= 0.6 is 0 Å². The maximum Gasteiger partial charge on any atom is 0.338 e. The number of rotatable bonds is 3. The predicted octanol–water partition coefficient (Wildman–Crippen LogP) is 1.63. The molecule has 0 aromatic heterocycles. The van der Waals surface area contributed by atoms with Gasteiger partial charge in [0.1, 0.15) is 12.2 Å². The molecule has 18 heavy (non-hydrogen) atoms. The average molecular weight is 250 g/mol. The van der Waals surface area contributed by atoms with E-state index in [2.05, 4.69) is 0 Å². The second kappa shape index (κ2) is 5.50. The maximum absolute atomic E-state index is 12.0. The van der Waals surface area contributed by atoms with E-state index in [1.54, 1.807) is 24.3 Å². The predicted molar refractivity (Wildman–Crippen MR) is 66.2 cm³/mol. The summed E-state index contributed by atoms with van der Waals surface area (Å²) in [6, 6.07) is 8.84. The van der Waals surface area contributed by atoms with Gasteiger partial charge in [0.25, 0.3) is 0 Å². The molecule has 1 saturated heterocycles. The summed E-state index contributed by atoms with van der Waals surface area (Å²) in [5.74, 6) is -0.293. The van der Waals surface area contributed by atoms with Gasteiger partial charge in [0.15, 0.2) is 0 Å². The molecule has 1 aromatic carbocycles. The molecule has 0 bridgehead atoms. The van der Waals surface area contributed by atoms with Crippen molar-refractivity contribution in [2.75, 3.05) is 6.61 Å². The molecule has 0 radical (unpaired) electrons. The highest BCUT2D eigenvalue weighted by atomic mass is 16.6. The lowest BCUT2D eigenvalue weighted by Crippen LogP contribution is -2.33. The van der Waals surface area contributed by atoms with Crippen molar-refractivity contribution in [2.24, 2.45) is 5.92 Å². The van der Waals surface area contributed by atoms with E-state index in [1.807, 2.05) is 19.9 Å². The van der Waals surface area contributed by atoms with Crippen molar-refractivity contribution in [2.45, 2.75) is 32.2 Å². The van der Waals surface area contributed by atoms with Crippen LogP contribution in [-0.4, -0.2) is 36.0 Å². The summed E-state index contributed by atoms with van der Waals surface area (Å²) in [5.41, 5.74) is 0.515. The fourth-order valence-corrected chi connectivity index (χ4v) is 2.18.